The van der Waals surface area contributed by atoms with Gasteiger partial charge < -0.3 is 15.3 Å². The van der Waals surface area contributed by atoms with Gasteiger partial charge in [-0.1, -0.05) is 12.8 Å². The van der Waals surface area contributed by atoms with Crippen LogP contribution < -0.4 is 10.2 Å². The molecule has 5 nitrogen and oxygen atoms in total. The lowest BCUT2D eigenvalue weighted by Gasteiger charge is -2.36. The van der Waals surface area contributed by atoms with Gasteiger partial charge in [0.15, 0.2) is 0 Å². The molecule has 1 heterocycles. The van der Waals surface area contributed by atoms with Gasteiger partial charge in [-0.25, -0.2) is 4.98 Å². The van der Waals surface area contributed by atoms with Crippen LogP contribution in [0.4, 0.5) is 11.8 Å². The molecular weight excluding hydrogens is 228 g/mol. The molecule has 0 aliphatic heterocycles. The summed E-state index contributed by atoms with van der Waals surface area (Å²) in [4.78, 5) is 10.8. The fraction of sp³-hybridized carbons (Fsp3) is 0.692. The molecule has 100 valence electrons. The van der Waals surface area contributed by atoms with E-state index in [-0.39, 0.29) is 12.1 Å². The SMILES string of the molecule is CNc1nc(C)cc(N(C)C2CCCCC2O)n1. The summed E-state index contributed by atoms with van der Waals surface area (Å²) < 4.78 is 0. The number of anilines is 2. The number of nitrogens with one attached hydrogen (secondary N) is 1. The summed E-state index contributed by atoms with van der Waals surface area (Å²) in [6.07, 6.45) is 3.95. The molecule has 1 aliphatic carbocycles. The Morgan fingerprint density at radius 3 is 2.72 bits per heavy atom. The maximum absolute atomic E-state index is 10.1. The zero-order valence-corrected chi connectivity index (χ0v) is 11.3. The highest BCUT2D eigenvalue weighted by Gasteiger charge is 2.27. The third kappa shape index (κ3) is 2.72. The summed E-state index contributed by atoms with van der Waals surface area (Å²) in [7, 11) is 3.81. The Morgan fingerprint density at radius 1 is 1.33 bits per heavy atom. The van der Waals surface area contributed by atoms with Crippen LogP contribution >= 0.6 is 0 Å². The van der Waals surface area contributed by atoms with Crippen molar-refractivity contribution in [2.24, 2.45) is 0 Å². The molecule has 0 bridgehead atoms. The lowest BCUT2D eigenvalue weighted by Crippen LogP contribution is -2.43. The Labute approximate surface area is 108 Å². The summed E-state index contributed by atoms with van der Waals surface area (Å²) in [6, 6.07) is 2.13. The molecule has 0 aromatic carbocycles. The van der Waals surface area contributed by atoms with Crippen molar-refractivity contribution < 1.29 is 5.11 Å². The van der Waals surface area contributed by atoms with Crippen LogP contribution in [-0.2, 0) is 0 Å². The molecule has 18 heavy (non-hydrogen) atoms. The number of likely N-dealkylation sites (N-methyl/N-ethyl adjacent to an activating group) is 1. The number of nitrogens with zero attached hydrogens (tertiary/aromatic N) is 3. The Kier molecular flexibility index (Phi) is 4.01. The predicted octanol–water partition coefficient (Wildman–Crippen LogP) is 1.57. The van der Waals surface area contributed by atoms with E-state index in [1.165, 1.54) is 6.42 Å². The number of aliphatic hydroxyl groups is 1. The van der Waals surface area contributed by atoms with E-state index >= 15 is 0 Å². The molecule has 1 fully saturated rings. The van der Waals surface area contributed by atoms with Crippen molar-refractivity contribution in [3.05, 3.63) is 11.8 Å². The molecule has 1 aromatic rings. The van der Waals surface area contributed by atoms with Crippen molar-refractivity contribution in [3.63, 3.8) is 0 Å². The van der Waals surface area contributed by atoms with Gasteiger partial charge >= 0.3 is 0 Å². The van der Waals surface area contributed by atoms with Crippen LogP contribution in [0.3, 0.4) is 0 Å². The predicted molar refractivity (Wildman–Crippen MR) is 73.0 cm³/mol. The van der Waals surface area contributed by atoms with Gasteiger partial charge in [0.25, 0.3) is 0 Å². The van der Waals surface area contributed by atoms with Gasteiger partial charge in [0.1, 0.15) is 5.82 Å². The minimum atomic E-state index is -0.253. The Hall–Kier alpha value is -1.36. The maximum atomic E-state index is 10.1. The highest BCUT2D eigenvalue weighted by atomic mass is 16.3. The third-order valence-electron chi connectivity index (χ3n) is 3.62. The highest BCUT2D eigenvalue weighted by Crippen LogP contribution is 2.26. The van der Waals surface area contributed by atoms with Gasteiger partial charge in [-0.05, 0) is 19.8 Å². The molecule has 1 aromatic heterocycles. The van der Waals surface area contributed by atoms with Crippen molar-refractivity contribution in [1.82, 2.24) is 9.97 Å². The fourth-order valence-corrected chi connectivity index (χ4v) is 2.56. The maximum Gasteiger partial charge on any atom is 0.224 e. The van der Waals surface area contributed by atoms with E-state index in [4.69, 9.17) is 0 Å². The van der Waals surface area contributed by atoms with E-state index < -0.39 is 0 Å². The largest absolute Gasteiger partial charge is 0.391 e. The molecule has 1 saturated carbocycles. The van der Waals surface area contributed by atoms with E-state index in [9.17, 15) is 5.11 Å². The van der Waals surface area contributed by atoms with Crippen molar-refractivity contribution >= 4 is 11.8 Å². The van der Waals surface area contributed by atoms with Gasteiger partial charge in [-0.15, -0.1) is 0 Å². The molecule has 2 atom stereocenters. The van der Waals surface area contributed by atoms with Gasteiger partial charge in [0.2, 0.25) is 5.95 Å². The van der Waals surface area contributed by atoms with Crippen LogP contribution in [0.25, 0.3) is 0 Å². The number of aryl methyl sites for hydroxylation is 1. The van der Waals surface area contributed by atoms with Gasteiger partial charge in [-0.3, -0.25) is 0 Å². The van der Waals surface area contributed by atoms with Gasteiger partial charge in [0.05, 0.1) is 12.1 Å². The molecular formula is C13H22N4O. The average Bonchev–Trinajstić information content (AvgIpc) is 2.37. The van der Waals surface area contributed by atoms with Gasteiger partial charge in [0, 0.05) is 25.9 Å². The standard InChI is InChI=1S/C13H22N4O/c1-9-8-12(16-13(14-2)15-9)17(3)10-6-4-5-7-11(10)18/h8,10-11,18H,4-7H2,1-3H3,(H,14,15,16). The third-order valence-corrected chi connectivity index (χ3v) is 3.62. The lowest BCUT2D eigenvalue weighted by atomic mass is 9.91. The number of hydrogen-bond donors (Lipinski definition) is 2. The van der Waals surface area contributed by atoms with E-state index in [0.29, 0.717) is 5.95 Å². The number of rotatable bonds is 3. The fourth-order valence-electron chi connectivity index (χ4n) is 2.56. The van der Waals surface area contributed by atoms with Crippen LogP contribution in [0.2, 0.25) is 0 Å². The molecule has 5 heteroatoms. The average molecular weight is 250 g/mol. The summed E-state index contributed by atoms with van der Waals surface area (Å²) in [5, 5.41) is 13.1. The molecule has 0 radical (unpaired) electrons. The second-order valence-electron chi connectivity index (χ2n) is 4.97. The molecule has 1 aliphatic rings. The number of aliphatic hydroxyl groups excluding tert-OH is 1. The lowest BCUT2D eigenvalue weighted by molar-refractivity contribution is 0.106. The quantitative estimate of drug-likeness (QED) is 0.852. The van der Waals surface area contributed by atoms with Crippen LogP contribution in [0, 0.1) is 6.92 Å². The van der Waals surface area contributed by atoms with Crippen LogP contribution in [0.1, 0.15) is 31.4 Å². The summed E-state index contributed by atoms with van der Waals surface area (Å²) >= 11 is 0. The number of hydrogen-bond acceptors (Lipinski definition) is 5. The smallest absolute Gasteiger partial charge is 0.224 e. The summed E-state index contributed by atoms with van der Waals surface area (Å²) in [5.41, 5.74) is 0.932. The van der Waals surface area contributed by atoms with Crippen molar-refractivity contribution in [2.75, 3.05) is 24.3 Å². The van der Waals surface area contributed by atoms with Crippen LogP contribution in [0.5, 0.6) is 0 Å². The second kappa shape index (κ2) is 5.52. The molecule has 0 saturated heterocycles. The second-order valence-corrected chi connectivity index (χ2v) is 4.97. The van der Waals surface area contributed by atoms with Crippen LogP contribution in [-0.4, -0.2) is 41.3 Å². The molecule has 2 N–H and O–H groups in total. The summed E-state index contributed by atoms with van der Waals surface area (Å²) in [6.45, 7) is 1.96. The van der Waals surface area contributed by atoms with E-state index in [1.807, 2.05) is 27.1 Å². The normalized spacial score (nSPS) is 23.8. The Bertz CT molecular complexity index is 410. The van der Waals surface area contributed by atoms with Crippen LogP contribution in [0.15, 0.2) is 6.07 Å². The Morgan fingerprint density at radius 2 is 2.06 bits per heavy atom. The zero-order valence-electron chi connectivity index (χ0n) is 11.3. The van der Waals surface area contributed by atoms with E-state index in [0.717, 1.165) is 30.8 Å². The molecule has 0 amide bonds. The summed E-state index contributed by atoms with van der Waals surface area (Å²) in [5.74, 6) is 1.50. The monoisotopic (exact) mass is 250 g/mol. The first-order valence-electron chi connectivity index (χ1n) is 6.56. The Balaban J connectivity index is 2.21. The van der Waals surface area contributed by atoms with Gasteiger partial charge in [-0.2, -0.15) is 4.98 Å². The molecule has 2 unspecified atom stereocenters. The van der Waals surface area contributed by atoms with E-state index in [1.54, 1.807) is 0 Å². The van der Waals surface area contributed by atoms with Crippen molar-refractivity contribution in [1.29, 1.82) is 0 Å². The van der Waals surface area contributed by atoms with Crippen molar-refractivity contribution in [2.45, 2.75) is 44.8 Å². The first-order valence-corrected chi connectivity index (χ1v) is 6.56. The molecule has 0 spiro atoms. The highest BCUT2D eigenvalue weighted by molar-refractivity contribution is 5.45. The van der Waals surface area contributed by atoms with E-state index in [2.05, 4.69) is 20.2 Å². The molecule has 2 rings (SSSR count). The minimum Gasteiger partial charge on any atom is -0.391 e. The topological polar surface area (TPSA) is 61.3 Å². The van der Waals surface area contributed by atoms with Crippen molar-refractivity contribution in [3.8, 4) is 0 Å². The zero-order chi connectivity index (χ0) is 13.1. The first kappa shape index (κ1) is 13.1. The first-order chi connectivity index (χ1) is 8.61. The minimum absolute atomic E-state index is 0.165. The number of aromatic nitrogens is 2.